The monoisotopic (exact) mass is 494 g/mol. The highest BCUT2D eigenvalue weighted by molar-refractivity contribution is 7.89. The Kier molecular flexibility index (Phi) is 7.36. The number of hydrogen-bond acceptors (Lipinski definition) is 3. The van der Waals surface area contributed by atoms with Gasteiger partial charge in [0.1, 0.15) is 4.90 Å². The first-order valence-electron chi connectivity index (χ1n) is 8.85. The van der Waals surface area contributed by atoms with Gasteiger partial charge < -0.3 is 5.32 Å². The Morgan fingerprint density at radius 3 is 2.24 bits per heavy atom. The van der Waals surface area contributed by atoms with Crippen LogP contribution >= 0.6 is 46.4 Å². The summed E-state index contributed by atoms with van der Waals surface area (Å²) in [7, 11) is -3.77. The zero-order chi connectivity index (χ0) is 21.2. The van der Waals surface area contributed by atoms with Crippen molar-refractivity contribution in [3.63, 3.8) is 0 Å². The number of halogens is 4. The van der Waals surface area contributed by atoms with Gasteiger partial charge in [-0.3, -0.25) is 4.79 Å². The molecule has 1 aliphatic rings. The summed E-state index contributed by atoms with van der Waals surface area (Å²) < 4.78 is 27.1. The largest absolute Gasteiger partial charge is 0.352 e. The van der Waals surface area contributed by atoms with Gasteiger partial charge in [0, 0.05) is 40.6 Å². The Morgan fingerprint density at radius 1 is 0.966 bits per heavy atom. The molecule has 0 radical (unpaired) electrons. The molecule has 1 amide bonds. The van der Waals surface area contributed by atoms with Crippen molar-refractivity contribution >= 4 is 62.3 Å². The molecule has 3 rings (SSSR count). The lowest BCUT2D eigenvalue weighted by Gasteiger charge is -2.30. The summed E-state index contributed by atoms with van der Waals surface area (Å²) in [6, 6.07) is 9.42. The number of benzene rings is 2. The Balaban J connectivity index is 1.59. The Labute approximate surface area is 189 Å². The number of hydrogen-bond donors (Lipinski definition) is 1. The van der Waals surface area contributed by atoms with E-state index in [9.17, 15) is 13.2 Å². The van der Waals surface area contributed by atoms with Gasteiger partial charge >= 0.3 is 0 Å². The number of nitrogens with one attached hydrogen (secondary N) is 1. The van der Waals surface area contributed by atoms with Crippen molar-refractivity contribution in [1.82, 2.24) is 9.62 Å². The minimum Gasteiger partial charge on any atom is -0.352 e. The first-order chi connectivity index (χ1) is 13.7. The third-order valence-electron chi connectivity index (χ3n) is 4.80. The summed E-state index contributed by atoms with van der Waals surface area (Å²) >= 11 is 24.0. The maximum absolute atomic E-state index is 12.9. The van der Waals surface area contributed by atoms with E-state index in [0.29, 0.717) is 27.9 Å². The van der Waals surface area contributed by atoms with E-state index >= 15 is 0 Å². The minimum atomic E-state index is -3.77. The highest BCUT2D eigenvalue weighted by Crippen LogP contribution is 2.30. The fraction of sp³-hybridized carbons (Fsp3) is 0.316. The molecule has 10 heteroatoms. The molecule has 0 atom stereocenters. The molecule has 0 unspecified atom stereocenters. The van der Waals surface area contributed by atoms with E-state index in [-0.39, 0.29) is 41.4 Å². The molecule has 1 aliphatic heterocycles. The molecule has 0 spiro atoms. The molecule has 1 heterocycles. The lowest BCUT2D eigenvalue weighted by Crippen LogP contribution is -2.42. The highest BCUT2D eigenvalue weighted by Gasteiger charge is 2.33. The number of piperidine rings is 1. The van der Waals surface area contributed by atoms with Crippen LogP contribution in [0.25, 0.3) is 0 Å². The van der Waals surface area contributed by atoms with Crippen LogP contribution in [0.1, 0.15) is 18.4 Å². The second-order valence-corrected chi connectivity index (χ2v) is 10.3. The van der Waals surface area contributed by atoms with Gasteiger partial charge in [-0.05, 0) is 48.7 Å². The molecule has 0 bridgehead atoms. The van der Waals surface area contributed by atoms with E-state index in [0.717, 1.165) is 5.56 Å². The van der Waals surface area contributed by atoms with Crippen LogP contribution in [0.5, 0.6) is 0 Å². The molecular formula is C19H18Cl4N2O3S. The molecule has 0 aromatic heterocycles. The van der Waals surface area contributed by atoms with E-state index in [1.54, 1.807) is 18.2 Å². The van der Waals surface area contributed by atoms with Gasteiger partial charge in [0.15, 0.2) is 0 Å². The number of carbonyl (C=O) groups is 1. The van der Waals surface area contributed by atoms with Crippen molar-refractivity contribution in [2.75, 3.05) is 13.1 Å². The third kappa shape index (κ3) is 5.37. The van der Waals surface area contributed by atoms with Gasteiger partial charge in [-0.25, -0.2) is 8.42 Å². The fourth-order valence-electron chi connectivity index (χ4n) is 3.16. The Bertz CT molecular complexity index is 1020. The zero-order valence-electron chi connectivity index (χ0n) is 15.2. The molecule has 2 aromatic rings. The predicted molar refractivity (Wildman–Crippen MR) is 116 cm³/mol. The van der Waals surface area contributed by atoms with E-state index in [4.69, 9.17) is 46.4 Å². The van der Waals surface area contributed by atoms with E-state index in [1.165, 1.54) is 22.5 Å². The lowest BCUT2D eigenvalue weighted by molar-refractivity contribution is -0.126. The fourth-order valence-corrected chi connectivity index (χ4v) is 5.85. The molecule has 2 aromatic carbocycles. The summed E-state index contributed by atoms with van der Waals surface area (Å²) in [5, 5.41) is 4.28. The molecule has 0 saturated carbocycles. The highest BCUT2D eigenvalue weighted by atomic mass is 35.5. The Hall–Kier alpha value is -1.02. The van der Waals surface area contributed by atoms with E-state index in [2.05, 4.69) is 5.32 Å². The maximum atomic E-state index is 12.9. The van der Waals surface area contributed by atoms with E-state index < -0.39 is 10.0 Å². The van der Waals surface area contributed by atoms with Crippen LogP contribution in [-0.4, -0.2) is 31.7 Å². The quantitative estimate of drug-likeness (QED) is 0.633. The summed E-state index contributed by atoms with van der Waals surface area (Å²) in [5.41, 5.74) is 0.764. The number of sulfonamides is 1. The van der Waals surface area contributed by atoms with Crippen molar-refractivity contribution in [2.24, 2.45) is 5.92 Å². The van der Waals surface area contributed by atoms with Crippen LogP contribution in [0.4, 0.5) is 0 Å². The summed E-state index contributed by atoms with van der Waals surface area (Å²) in [6.45, 7) is 0.737. The molecule has 5 nitrogen and oxygen atoms in total. The second-order valence-electron chi connectivity index (χ2n) is 6.71. The zero-order valence-corrected chi connectivity index (χ0v) is 19.0. The van der Waals surface area contributed by atoms with Gasteiger partial charge in [-0.1, -0.05) is 52.5 Å². The van der Waals surface area contributed by atoms with Gasteiger partial charge in [0.05, 0.1) is 5.02 Å². The number of rotatable bonds is 5. The normalized spacial score (nSPS) is 16.0. The van der Waals surface area contributed by atoms with Crippen LogP contribution in [0.3, 0.4) is 0 Å². The van der Waals surface area contributed by atoms with Crippen LogP contribution < -0.4 is 5.32 Å². The molecule has 156 valence electrons. The predicted octanol–water partition coefficient (Wildman–Crippen LogP) is 5.02. The van der Waals surface area contributed by atoms with Crippen molar-refractivity contribution in [3.05, 3.63) is 62.1 Å². The summed E-state index contributed by atoms with van der Waals surface area (Å²) in [4.78, 5) is 12.5. The standard InChI is InChI=1S/C19H18Cl4N2O3S/c20-14-2-1-13(17(23)9-14)11-24-19(26)12-5-7-25(8-6-12)29(27,28)18-10-15(21)3-4-16(18)22/h1-4,9-10,12H,5-8,11H2,(H,24,26). The van der Waals surface area contributed by atoms with Crippen molar-refractivity contribution in [2.45, 2.75) is 24.3 Å². The van der Waals surface area contributed by atoms with Crippen LogP contribution in [0.2, 0.25) is 20.1 Å². The average Bonchev–Trinajstić information content (AvgIpc) is 2.69. The molecule has 29 heavy (non-hydrogen) atoms. The third-order valence-corrected chi connectivity index (χ3v) is 8.01. The topological polar surface area (TPSA) is 66.5 Å². The molecule has 1 saturated heterocycles. The molecular weight excluding hydrogens is 478 g/mol. The molecule has 0 aliphatic carbocycles. The SMILES string of the molecule is O=C(NCc1ccc(Cl)cc1Cl)C1CCN(S(=O)(=O)c2cc(Cl)ccc2Cl)CC1. The van der Waals surface area contributed by atoms with Gasteiger partial charge in [0.25, 0.3) is 0 Å². The van der Waals surface area contributed by atoms with E-state index in [1.807, 2.05) is 0 Å². The lowest BCUT2D eigenvalue weighted by atomic mass is 9.97. The first-order valence-corrected chi connectivity index (χ1v) is 11.8. The summed E-state index contributed by atoms with van der Waals surface area (Å²) in [6.07, 6.45) is 0.829. The van der Waals surface area contributed by atoms with Crippen molar-refractivity contribution < 1.29 is 13.2 Å². The number of carbonyl (C=O) groups excluding carboxylic acids is 1. The molecule has 1 fully saturated rings. The smallest absolute Gasteiger partial charge is 0.244 e. The average molecular weight is 496 g/mol. The van der Waals surface area contributed by atoms with Gasteiger partial charge in [-0.15, -0.1) is 0 Å². The second kappa shape index (κ2) is 9.41. The van der Waals surface area contributed by atoms with Crippen LogP contribution in [0, 0.1) is 5.92 Å². The molecule has 1 N–H and O–H groups in total. The van der Waals surface area contributed by atoms with Crippen molar-refractivity contribution in [1.29, 1.82) is 0 Å². The first kappa shape index (κ1) is 22.7. The van der Waals surface area contributed by atoms with Crippen LogP contribution in [-0.2, 0) is 21.4 Å². The Morgan fingerprint density at radius 2 is 1.59 bits per heavy atom. The maximum Gasteiger partial charge on any atom is 0.244 e. The minimum absolute atomic E-state index is 0.0213. The van der Waals surface area contributed by atoms with Crippen LogP contribution in [0.15, 0.2) is 41.3 Å². The van der Waals surface area contributed by atoms with Gasteiger partial charge in [0.2, 0.25) is 15.9 Å². The number of amides is 1. The van der Waals surface area contributed by atoms with Gasteiger partial charge in [-0.2, -0.15) is 4.31 Å². The summed E-state index contributed by atoms with van der Waals surface area (Å²) in [5.74, 6) is -0.406. The van der Waals surface area contributed by atoms with Crippen molar-refractivity contribution in [3.8, 4) is 0 Å². The number of nitrogens with zero attached hydrogens (tertiary/aromatic N) is 1.